The molecule has 7 nitrogen and oxygen atoms in total. The lowest BCUT2D eigenvalue weighted by Gasteiger charge is -2.35. The molecule has 1 aromatic carbocycles. The van der Waals surface area contributed by atoms with E-state index in [4.69, 9.17) is 0 Å². The molecule has 23 heavy (non-hydrogen) atoms. The summed E-state index contributed by atoms with van der Waals surface area (Å²) in [5.74, 6) is 0. The second-order valence-corrected chi connectivity index (χ2v) is 7.32. The summed E-state index contributed by atoms with van der Waals surface area (Å²) in [6.07, 6.45) is 5.25. The molecule has 3 rings (SSSR count). The third-order valence-electron chi connectivity index (χ3n) is 4.04. The molecular formula is C15H21N5O2S. The van der Waals surface area contributed by atoms with Gasteiger partial charge in [0.2, 0.25) is 10.0 Å². The van der Waals surface area contributed by atoms with E-state index < -0.39 is 10.0 Å². The van der Waals surface area contributed by atoms with Crippen LogP contribution in [0, 0.1) is 0 Å². The number of aromatic nitrogens is 3. The minimum absolute atomic E-state index is 0.209. The van der Waals surface area contributed by atoms with Gasteiger partial charge < -0.3 is 4.90 Å². The Hall–Kier alpha value is -1.93. The van der Waals surface area contributed by atoms with Crippen LogP contribution < -0.4 is 9.62 Å². The Kier molecular flexibility index (Phi) is 4.63. The largest absolute Gasteiger partial charge is 0.368 e. The molecule has 124 valence electrons. The number of nitrogens with zero attached hydrogens (tertiary/aromatic N) is 4. The maximum atomic E-state index is 12.4. The number of nitrogens with one attached hydrogen (secondary N) is 1. The lowest BCUT2D eigenvalue weighted by Crippen LogP contribution is -2.38. The average molecular weight is 335 g/mol. The summed E-state index contributed by atoms with van der Waals surface area (Å²) >= 11 is 0. The van der Waals surface area contributed by atoms with Gasteiger partial charge >= 0.3 is 0 Å². The summed E-state index contributed by atoms with van der Waals surface area (Å²) in [4.78, 5) is 6.46. The maximum absolute atomic E-state index is 12.4. The molecule has 0 bridgehead atoms. The Balaban J connectivity index is 1.90. The van der Waals surface area contributed by atoms with Crippen molar-refractivity contribution in [1.82, 2.24) is 19.5 Å². The molecule has 1 saturated heterocycles. The summed E-state index contributed by atoms with van der Waals surface area (Å²) in [5.41, 5.74) is 0.748. The fourth-order valence-electron chi connectivity index (χ4n) is 3.01. The van der Waals surface area contributed by atoms with Crippen molar-refractivity contribution in [2.75, 3.05) is 24.5 Å². The lowest BCUT2D eigenvalue weighted by molar-refractivity contribution is 0.374. The van der Waals surface area contributed by atoms with E-state index in [-0.39, 0.29) is 6.04 Å². The highest BCUT2D eigenvalue weighted by molar-refractivity contribution is 7.89. The van der Waals surface area contributed by atoms with E-state index in [1.165, 1.54) is 6.33 Å². The van der Waals surface area contributed by atoms with Crippen LogP contribution in [0.5, 0.6) is 0 Å². The Morgan fingerprint density at radius 1 is 1.35 bits per heavy atom. The van der Waals surface area contributed by atoms with Crippen molar-refractivity contribution in [1.29, 1.82) is 0 Å². The van der Waals surface area contributed by atoms with Crippen LogP contribution in [0.15, 0.2) is 41.8 Å². The number of sulfonamides is 1. The van der Waals surface area contributed by atoms with E-state index in [2.05, 4.69) is 19.7 Å². The van der Waals surface area contributed by atoms with Gasteiger partial charge in [0.25, 0.3) is 0 Å². The first-order chi connectivity index (χ1) is 11.1. The highest BCUT2D eigenvalue weighted by atomic mass is 32.2. The van der Waals surface area contributed by atoms with Crippen molar-refractivity contribution in [2.45, 2.75) is 30.7 Å². The summed E-state index contributed by atoms with van der Waals surface area (Å²) in [6.45, 7) is 3.71. The van der Waals surface area contributed by atoms with Gasteiger partial charge in [-0.15, -0.1) is 0 Å². The van der Waals surface area contributed by atoms with Crippen molar-refractivity contribution in [3.63, 3.8) is 0 Å². The first-order valence-electron chi connectivity index (χ1n) is 7.79. The van der Waals surface area contributed by atoms with Gasteiger partial charge in [-0.25, -0.2) is 22.8 Å². The number of piperidine rings is 1. The molecule has 0 saturated carbocycles. The van der Waals surface area contributed by atoms with Gasteiger partial charge in [0.1, 0.15) is 17.6 Å². The van der Waals surface area contributed by atoms with Gasteiger partial charge in [0.05, 0.1) is 11.7 Å². The molecule has 0 radical (unpaired) electrons. The van der Waals surface area contributed by atoms with Crippen molar-refractivity contribution < 1.29 is 8.42 Å². The van der Waals surface area contributed by atoms with E-state index in [1.54, 1.807) is 25.4 Å². The summed E-state index contributed by atoms with van der Waals surface area (Å²) in [7, 11) is -3.49. The van der Waals surface area contributed by atoms with E-state index in [0.29, 0.717) is 11.4 Å². The number of rotatable bonds is 5. The number of para-hydroxylation sites is 1. The fourth-order valence-corrected chi connectivity index (χ4v) is 4.27. The quantitative estimate of drug-likeness (QED) is 0.894. The minimum atomic E-state index is -3.49. The Bertz CT molecular complexity index is 745. The van der Waals surface area contributed by atoms with Gasteiger partial charge in [0, 0.05) is 19.6 Å². The molecule has 2 heterocycles. The molecule has 1 unspecified atom stereocenters. The third kappa shape index (κ3) is 3.37. The maximum Gasteiger partial charge on any atom is 0.242 e. The van der Waals surface area contributed by atoms with Crippen molar-refractivity contribution in [3.05, 3.63) is 36.9 Å². The van der Waals surface area contributed by atoms with Gasteiger partial charge in [-0.1, -0.05) is 19.1 Å². The zero-order valence-corrected chi connectivity index (χ0v) is 13.9. The van der Waals surface area contributed by atoms with Crippen LogP contribution in [-0.2, 0) is 10.0 Å². The molecule has 1 aliphatic rings. The first-order valence-corrected chi connectivity index (χ1v) is 9.28. The number of hydrogen-bond donors (Lipinski definition) is 1. The van der Waals surface area contributed by atoms with Crippen LogP contribution in [0.25, 0.3) is 0 Å². The van der Waals surface area contributed by atoms with Crippen LogP contribution in [-0.4, -0.2) is 42.8 Å². The highest BCUT2D eigenvalue weighted by Gasteiger charge is 2.26. The zero-order chi connectivity index (χ0) is 16.3. The van der Waals surface area contributed by atoms with Crippen LogP contribution in [0.3, 0.4) is 0 Å². The number of benzene rings is 1. The van der Waals surface area contributed by atoms with E-state index >= 15 is 0 Å². The zero-order valence-electron chi connectivity index (χ0n) is 13.1. The van der Waals surface area contributed by atoms with Crippen molar-refractivity contribution in [3.8, 4) is 0 Å². The Morgan fingerprint density at radius 3 is 2.91 bits per heavy atom. The Morgan fingerprint density at radius 2 is 2.17 bits per heavy atom. The molecule has 8 heteroatoms. The SMILES string of the molecule is CCNS(=O)(=O)c1ccccc1N1CCCC(n2cncn2)C1. The Labute approximate surface area is 136 Å². The molecule has 0 spiro atoms. The van der Waals surface area contributed by atoms with Gasteiger partial charge in [0.15, 0.2) is 0 Å². The van der Waals surface area contributed by atoms with Crippen molar-refractivity contribution in [2.24, 2.45) is 0 Å². The average Bonchev–Trinajstić information content (AvgIpc) is 3.09. The normalized spacial score (nSPS) is 19.0. The number of hydrogen-bond acceptors (Lipinski definition) is 5. The molecular weight excluding hydrogens is 314 g/mol. The van der Waals surface area contributed by atoms with E-state index in [0.717, 1.165) is 31.6 Å². The predicted octanol–water partition coefficient (Wildman–Crippen LogP) is 1.42. The molecule has 1 N–H and O–H groups in total. The molecule has 1 aliphatic heterocycles. The number of anilines is 1. The van der Waals surface area contributed by atoms with Crippen LogP contribution in [0.1, 0.15) is 25.8 Å². The second kappa shape index (κ2) is 6.67. The topological polar surface area (TPSA) is 80.1 Å². The van der Waals surface area contributed by atoms with Gasteiger partial charge in [-0.2, -0.15) is 5.10 Å². The molecule has 1 fully saturated rings. The van der Waals surface area contributed by atoms with E-state index in [1.807, 2.05) is 16.8 Å². The van der Waals surface area contributed by atoms with Crippen LogP contribution in [0.2, 0.25) is 0 Å². The monoisotopic (exact) mass is 335 g/mol. The van der Waals surface area contributed by atoms with Gasteiger partial charge in [-0.05, 0) is 25.0 Å². The third-order valence-corrected chi connectivity index (χ3v) is 5.63. The fraction of sp³-hybridized carbons (Fsp3) is 0.467. The molecule has 1 atom stereocenters. The summed E-state index contributed by atoms with van der Waals surface area (Å²) in [5, 5.41) is 4.22. The van der Waals surface area contributed by atoms with E-state index in [9.17, 15) is 8.42 Å². The predicted molar refractivity (Wildman–Crippen MR) is 87.8 cm³/mol. The smallest absolute Gasteiger partial charge is 0.242 e. The molecule has 1 aromatic heterocycles. The minimum Gasteiger partial charge on any atom is -0.368 e. The molecule has 0 aliphatic carbocycles. The van der Waals surface area contributed by atoms with Crippen LogP contribution in [0.4, 0.5) is 5.69 Å². The van der Waals surface area contributed by atoms with Crippen molar-refractivity contribution >= 4 is 15.7 Å². The molecule has 0 amide bonds. The highest BCUT2D eigenvalue weighted by Crippen LogP contribution is 2.30. The van der Waals surface area contributed by atoms with Crippen LogP contribution >= 0.6 is 0 Å². The lowest BCUT2D eigenvalue weighted by atomic mass is 10.1. The standard InChI is InChI=1S/C15H21N5O2S/c1-2-18-23(21,22)15-8-4-3-7-14(15)19-9-5-6-13(10-19)20-12-16-11-17-20/h3-4,7-8,11-13,18H,2,5-6,9-10H2,1H3. The molecule has 2 aromatic rings. The first kappa shape index (κ1) is 15.9. The van der Waals surface area contributed by atoms with Gasteiger partial charge in [-0.3, -0.25) is 0 Å². The second-order valence-electron chi connectivity index (χ2n) is 5.59. The summed E-state index contributed by atoms with van der Waals surface area (Å²) < 4.78 is 29.3. The summed E-state index contributed by atoms with van der Waals surface area (Å²) in [6, 6.07) is 7.37.